The van der Waals surface area contributed by atoms with Gasteiger partial charge in [0.15, 0.2) is 5.34 Å². The molecule has 0 radical (unpaired) electrons. The molecule has 1 rings (SSSR count). The van der Waals surface area contributed by atoms with Crippen molar-refractivity contribution in [1.29, 1.82) is 0 Å². The third-order valence-corrected chi connectivity index (χ3v) is 0.940. The highest BCUT2D eigenvalue weighted by Crippen LogP contribution is 1.92. The van der Waals surface area contributed by atoms with Gasteiger partial charge in [-0.1, -0.05) is 35.9 Å². The SMILES string of the molecule is Cc1ccccc1.Cl.Cl.Cl.O=NO. The quantitative estimate of drug-likeness (QED) is 0.565. The minimum absolute atomic E-state index is 0. The molecular formula is C7H12Cl3NO2. The average Bonchev–Trinajstić information content (AvgIpc) is 1.91. The number of rotatable bonds is 0. The normalized spacial score (nSPS) is 5.62. The second-order valence-electron chi connectivity index (χ2n) is 1.74. The van der Waals surface area contributed by atoms with E-state index in [4.69, 9.17) is 10.1 Å². The van der Waals surface area contributed by atoms with Crippen LogP contribution >= 0.6 is 37.2 Å². The molecule has 0 unspecified atom stereocenters. The largest absolute Gasteiger partial charge is 0.379 e. The number of hydrogen-bond acceptors (Lipinski definition) is 2. The molecule has 1 aromatic rings. The van der Waals surface area contributed by atoms with Gasteiger partial charge in [0.25, 0.3) is 0 Å². The van der Waals surface area contributed by atoms with Crippen LogP contribution in [-0.4, -0.2) is 5.21 Å². The third-order valence-electron chi connectivity index (χ3n) is 0.940. The highest BCUT2D eigenvalue weighted by molar-refractivity contribution is 5.86. The summed E-state index contributed by atoms with van der Waals surface area (Å²) in [5.41, 5.74) is 1.32. The fraction of sp³-hybridized carbons (Fsp3) is 0.143. The van der Waals surface area contributed by atoms with Crippen LogP contribution in [0, 0.1) is 11.8 Å². The fourth-order valence-corrected chi connectivity index (χ4v) is 0.534. The van der Waals surface area contributed by atoms with Gasteiger partial charge in [0.05, 0.1) is 0 Å². The maximum Gasteiger partial charge on any atom is 0.152 e. The van der Waals surface area contributed by atoms with E-state index in [1.54, 1.807) is 0 Å². The summed E-state index contributed by atoms with van der Waals surface area (Å²) in [6.45, 7) is 2.08. The van der Waals surface area contributed by atoms with Crippen LogP contribution in [0.25, 0.3) is 0 Å². The molecule has 3 nitrogen and oxygen atoms in total. The van der Waals surface area contributed by atoms with E-state index in [1.165, 1.54) is 10.9 Å². The maximum absolute atomic E-state index is 8.11. The van der Waals surface area contributed by atoms with Crippen LogP contribution in [0.3, 0.4) is 0 Å². The van der Waals surface area contributed by atoms with E-state index in [9.17, 15) is 0 Å². The summed E-state index contributed by atoms with van der Waals surface area (Å²) in [6, 6.07) is 10.3. The Morgan fingerprint density at radius 1 is 1.08 bits per heavy atom. The highest BCUT2D eigenvalue weighted by Gasteiger charge is 1.72. The smallest absolute Gasteiger partial charge is 0.152 e. The van der Waals surface area contributed by atoms with Crippen molar-refractivity contribution in [2.45, 2.75) is 6.92 Å². The van der Waals surface area contributed by atoms with Crippen molar-refractivity contribution in [2.75, 3.05) is 0 Å². The van der Waals surface area contributed by atoms with Crippen LogP contribution in [0.1, 0.15) is 5.56 Å². The Balaban J connectivity index is -0.0000000615. The van der Waals surface area contributed by atoms with Gasteiger partial charge < -0.3 is 5.21 Å². The lowest BCUT2D eigenvalue weighted by atomic mass is 10.2. The van der Waals surface area contributed by atoms with E-state index >= 15 is 0 Å². The Bertz CT molecular complexity index is 184. The Morgan fingerprint density at radius 2 is 1.38 bits per heavy atom. The Labute approximate surface area is 95.7 Å². The summed E-state index contributed by atoms with van der Waals surface area (Å²) in [7, 11) is 0. The molecular weight excluding hydrogens is 236 g/mol. The molecule has 0 aromatic heterocycles. The molecule has 0 saturated heterocycles. The first-order chi connectivity index (χ1) is 4.81. The van der Waals surface area contributed by atoms with Gasteiger partial charge in [-0.25, -0.2) is 0 Å². The van der Waals surface area contributed by atoms with Gasteiger partial charge in [0.2, 0.25) is 0 Å². The van der Waals surface area contributed by atoms with Crippen LogP contribution in [0.4, 0.5) is 0 Å². The molecule has 6 heteroatoms. The van der Waals surface area contributed by atoms with Gasteiger partial charge in [-0.2, -0.15) is 0 Å². The molecule has 1 N–H and O–H groups in total. The van der Waals surface area contributed by atoms with Crippen molar-refractivity contribution in [3.8, 4) is 0 Å². The first kappa shape index (κ1) is 22.9. The van der Waals surface area contributed by atoms with E-state index in [0.717, 1.165) is 0 Å². The van der Waals surface area contributed by atoms with Crippen LogP contribution in [0.5, 0.6) is 0 Å². The van der Waals surface area contributed by atoms with E-state index in [2.05, 4.69) is 19.1 Å². The van der Waals surface area contributed by atoms with E-state index < -0.39 is 0 Å². The van der Waals surface area contributed by atoms with Crippen molar-refractivity contribution in [3.63, 3.8) is 0 Å². The number of halogens is 3. The van der Waals surface area contributed by atoms with Gasteiger partial charge in [0, 0.05) is 0 Å². The number of benzene rings is 1. The molecule has 0 spiro atoms. The molecule has 78 valence electrons. The predicted molar refractivity (Wildman–Crippen MR) is 60.5 cm³/mol. The van der Waals surface area contributed by atoms with Gasteiger partial charge in [-0.3, -0.25) is 0 Å². The van der Waals surface area contributed by atoms with E-state index in [0.29, 0.717) is 0 Å². The zero-order valence-corrected chi connectivity index (χ0v) is 9.36. The van der Waals surface area contributed by atoms with E-state index in [1.807, 2.05) is 18.2 Å². The number of hydrogen-bond donors (Lipinski definition) is 1. The van der Waals surface area contributed by atoms with Crippen molar-refractivity contribution in [1.82, 2.24) is 0 Å². The molecule has 0 aliphatic rings. The zero-order valence-electron chi connectivity index (χ0n) is 6.91. The maximum atomic E-state index is 8.11. The van der Waals surface area contributed by atoms with Gasteiger partial charge in [-0.05, 0) is 6.92 Å². The lowest BCUT2D eigenvalue weighted by Crippen LogP contribution is -1.62. The van der Waals surface area contributed by atoms with Crippen LogP contribution in [0.2, 0.25) is 0 Å². The van der Waals surface area contributed by atoms with Crippen LogP contribution in [-0.2, 0) is 0 Å². The topological polar surface area (TPSA) is 49.7 Å². The van der Waals surface area contributed by atoms with Crippen LogP contribution < -0.4 is 0 Å². The second-order valence-corrected chi connectivity index (χ2v) is 1.74. The average molecular weight is 249 g/mol. The minimum atomic E-state index is 0. The first-order valence-electron chi connectivity index (χ1n) is 2.79. The Morgan fingerprint density at radius 3 is 1.54 bits per heavy atom. The summed E-state index contributed by atoms with van der Waals surface area (Å²) in [6.07, 6.45) is 0. The first-order valence-corrected chi connectivity index (χ1v) is 2.79. The van der Waals surface area contributed by atoms with Gasteiger partial charge in [-0.15, -0.1) is 42.1 Å². The molecule has 0 heterocycles. The van der Waals surface area contributed by atoms with Crippen molar-refractivity contribution >= 4 is 37.2 Å². The second kappa shape index (κ2) is 17.5. The summed E-state index contributed by atoms with van der Waals surface area (Å²) in [4.78, 5) is 8.11. The lowest BCUT2D eigenvalue weighted by molar-refractivity contribution is 0.312. The van der Waals surface area contributed by atoms with Gasteiger partial charge >= 0.3 is 0 Å². The molecule has 1 aromatic carbocycles. The molecule has 0 atom stereocenters. The summed E-state index contributed by atoms with van der Waals surface area (Å²) >= 11 is 0. The predicted octanol–water partition coefficient (Wildman–Crippen LogP) is 3.40. The molecule has 0 saturated carbocycles. The standard InChI is InChI=1S/C7H8.3ClH.HNO2/c1-7-5-3-2-4-6-7;;;;2-1-3/h2-6H,1H3;3*1H;(H,2,3). The van der Waals surface area contributed by atoms with Crippen LogP contribution in [0.15, 0.2) is 35.7 Å². The number of nitrogens with zero attached hydrogens (tertiary/aromatic N) is 1. The zero-order chi connectivity index (χ0) is 7.82. The third kappa shape index (κ3) is 18.4. The summed E-state index contributed by atoms with van der Waals surface area (Å²) < 4.78 is 0. The Hall–Kier alpha value is -0.510. The van der Waals surface area contributed by atoms with E-state index in [-0.39, 0.29) is 37.2 Å². The molecule has 0 fully saturated rings. The number of aryl methyl sites for hydroxylation is 1. The van der Waals surface area contributed by atoms with Crippen molar-refractivity contribution < 1.29 is 5.21 Å². The Kier molecular flexibility index (Phi) is 30.9. The summed E-state index contributed by atoms with van der Waals surface area (Å²) in [5, 5.41) is 7.89. The molecule has 0 amide bonds. The van der Waals surface area contributed by atoms with Crippen molar-refractivity contribution in [2.24, 2.45) is 5.34 Å². The fourth-order valence-electron chi connectivity index (χ4n) is 0.534. The summed E-state index contributed by atoms with van der Waals surface area (Å²) in [5.74, 6) is 0. The molecule has 13 heavy (non-hydrogen) atoms. The molecule has 0 bridgehead atoms. The van der Waals surface area contributed by atoms with Gasteiger partial charge in [0.1, 0.15) is 0 Å². The monoisotopic (exact) mass is 247 g/mol. The minimum Gasteiger partial charge on any atom is -0.379 e. The lowest BCUT2D eigenvalue weighted by Gasteiger charge is -1.82. The molecule has 0 aliphatic carbocycles. The van der Waals surface area contributed by atoms with Crippen molar-refractivity contribution in [3.05, 3.63) is 40.8 Å². The molecule has 0 aliphatic heterocycles. The highest BCUT2D eigenvalue weighted by atomic mass is 35.5.